The van der Waals surface area contributed by atoms with E-state index in [0.29, 0.717) is 5.92 Å². The average Bonchev–Trinajstić information content (AvgIpc) is 2.38. The topological polar surface area (TPSA) is 15.3 Å². The molecule has 0 aliphatic carbocycles. The van der Waals surface area contributed by atoms with Crippen LogP contribution in [0.15, 0.2) is 18.2 Å². The molecular formula is C18H30N2. The van der Waals surface area contributed by atoms with Gasteiger partial charge in [0.25, 0.3) is 0 Å². The number of hydrogen-bond donors (Lipinski definition) is 1. The van der Waals surface area contributed by atoms with Gasteiger partial charge < -0.3 is 10.2 Å². The molecule has 0 fully saturated rings. The van der Waals surface area contributed by atoms with Gasteiger partial charge in [0.1, 0.15) is 0 Å². The average molecular weight is 274 g/mol. The zero-order valence-corrected chi connectivity index (χ0v) is 13.8. The molecule has 0 radical (unpaired) electrons. The van der Waals surface area contributed by atoms with E-state index in [1.165, 1.54) is 42.6 Å². The molecule has 1 atom stereocenters. The minimum atomic E-state index is 0.270. The highest BCUT2D eigenvalue weighted by molar-refractivity contribution is 5.60. The molecule has 0 spiro atoms. The Morgan fingerprint density at radius 1 is 1.35 bits per heavy atom. The smallest absolute Gasteiger partial charge is 0.0406 e. The Kier molecular flexibility index (Phi) is 4.74. The third-order valence-corrected chi connectivity index (χ3v) is 4.57. The molecule has 1 aromatic carbocycles. The summed E-state index contributed by atoms with van der Waals surface area (Å²) in [6, 6.07) is 7.03. The second-order valence-corrected chi connectivity index (χ2v) is 6.85. The zero-order chi connectivity index (χ0) is 14.8. The van der Waals surface area contributed by atoms with E-state index in [2.05, 4.69) is 56.1 Å². The van der Waals surface area contributed by atoms with Gasteiger partial charge >= 0.3 is 0 Å². The van der Waals surface area contributed by atoms with Gasteiger partial charge in [-0.25, -0.2) is 0 Å². The molecule has 1 heterocycles. The number of nitrogens with one attached hydrogen (secondary N) is 1. The molecular weight excluding hydrogens is 244 g/mol. The van der Waals surface area contributed by atoms with E-state index >= 15 is 0 Å². The second-order valence-electron chi connectivity index (χ2n) is 6.85. The van der Waals surface area contributed by atoms with Crippen molar-refractivity contribution in [1.82, 2.24) is 5.32 Å². The first kappa shape index (κ1) is 15.4. The number of hydrogen-bond acceptors (Lipinski definition) is 2. The molecule has 2 nitrogen and oxygen atoms in total. The number of nitrogens with zero attached hydrogens (tertiary/aromatic N) is 1. The predicted molar refractivity (Wildman–Crippen MR) is 88.6 cm³/mol. The number of benzene rings is 1. The Morgan fingerprint density at radius 3 is 2.75 bits per heavy atom. The summed E-state index contributed by atoms with van der Waals surface area (Å²) in [5.41, 5.74) is 4.66. The fraction of sp³-hybridized carbons (Fsp3) is 0.667. The lowest BCUT2D eigenvalue weighted by Crippen LogP contribution is -2.48. The molecule has 2 rings (SSSR count). The van der Waals surface area contributed by atoms with Crippen LogP contribution in [0.4, 0.5) is 5.69 Å². The van der Waals surface area contributed by atoms with E-state index in [1.807, 2.05) is 7.05 Å². The van der Waals surface area contributed by atoms with Crippen molar-refractivity contribution in [3.63, 3.8) is 0 Å². The SMILES string of the molecule is CCCCN1c2ccc(CNC)cc2C(C)CC1(C)C. The predicted octanol–water partition coefficient (Wildman–Crippen LogP) is 4.30. The summed E-state index contributed by atoms with van der Waals surface area (Å²) in [7, 11) is 2.01. The molecule has 1 aliphatic heterocycles. The van der Waals surface area contributed by atoms with Crippen LogP contribution in [0.5, 0.6) is 0 Å². The summed E-state index contributed by atoms with van der Waals surface area (Å²) >= 11 is 0. The first-order valence-electron chi connectivity index (χ1n) is 8.04. The van der Waals surface area contributed by atoms with Gasteiger partial charge in [-0.2, -0.15) is 0 Å². The van der Waals surface area contributed by atoms with Gasteiger partial charge in [-0.05, 0) is 56.8 Å². The first-order valence-corrected chi connectivity index (χ1v) is 8.04. The van der Waals surface area contributed by atoms with Gasteiger partial charge in [0.2, 0.25) is 0 Å². The Balaban J connectivity index is 2.37. The molecule has 1 aliphatic rings. The van der Waals surface area contributed by atoms with E-state index in [-0.39, 0.29) is 5.54 Å². The second kappa shape index (κ2) is 6.17. The summed E-state index contributed by atoms with van der Waals surface area (Å²) in [4.78, 5) is 2.63. The van der Waals surface area contributed by atoms with Crippen molar-refractivity contribution in [1.29, 1.82) is 0 Å². The van der Waals surface area contributed by atoms with Crippen LogP contribution in [0.25, 0.3) is 0 Å². The van der Waals surface area contributed by atoms with Crippen LogP contribution in [-0.2, 0) is 6.54 Å². The van der Waals surface area contributed by atoms with Crippen molar-refractivity contribution in [3.8, 4) is 0 Å². The molecule has 0 bridgehead atoms. The lowest BCUT2D eigenvalue weighted by Gasteiger charge is -2.48. The standard InChI is InChI=1S/C18H30N2/c1-6-7-10-20-17-9-8-15(13-19-5)11-16(17)14(2)12-18(20,3)4/h8-9,11,14,19H,6-7,10,12-13H2,1-5H3. The van der Waals surface area contributed by atoms with Crippen molar-refractivity contribution < 1.29 is 0 Å². The van der Waals surface area contributed by atoms with Crippen LogP contribution in [0.1, 0.15) is 64.0 Å². The maximum atomic E-state index is 3.25. The number of fused-ring (bicyclic) bond motifs is 1. The number of anilines is 1. The maximum Gasteiger partial charge on any atom is 0.0406 e. The lowest BCUT2D eigenvalue weighted by atomic mass is 9.79. The minimum Gasteiger partial charge on any atom is -0.366 e. The molecule has 1 aromatic rings. The molecule has 0 amide bonds. The van der Waals surface area contributed by atoms with E-state index in [9.17, 15) is 0 Å². The van der Waals surface area contributed by atoms with Crippen LogP contribution < -0.4 is 10.2 Å². The minimum absolute atomic E-state index is 0.270. The summed E-state index contributed by atoms with van der Waals surface area (Å²) in [6.45, 7) is 11.6. The van der Waals surface area contributed by atoms with Crippen molar-refractivity contribution >= 4 is 5.69 Å². The number of rotatable bonds is 5. The highest BCUT2D eigenvalue weighted by atomic mass is 15.2. The van der Waals surface area contributed by atoms with Crippen molar-refractivity contribution in [3.05, 3.63) is 29.3 Å². The fourth-order valence-electron chi connectivity index (χ4n) is 3.59. The van der Waals surface area contributed by atoms with Gasteiger partial charge in [-0.15, -0.1) is 0 Å². The molecule has 2 heteroatoms. The molecule has 0 saturated heterocycles. The Labute approximate surface area is 124 Å². The van der Waals surface area contributed by atoms with E-state index in [4.69, 9.17) is 0 Å². The third kappa shape index (κ3) is 3.01. The molecule has 1 unspecified atom stereocenters. The quantitative estimate of drug-likeness (QED) is 0.861. The summed E-state index contributed by atoms with van der Waals surface area (Å²) in [5.74, 6) is 0.648. The summed E-state index contributed by atoms with van der Waals surface area (Å²) in [6.07, 6.45) is 3.78. The van der Waals surface area contributed by atoms with Gasteiger partial charge in [-0.3, -0.25) is 0 Å². The molecule has 0 aromatic heterocycles. The molecule has 1 N–H and O–H groups in total. The van der Waals surface area contributed by atoms with Crippen LogP contribution in [0, 0.1) is 0 Å². The summed E-state index contributed by atoms with van der Waals surface area (Å²) < 4.78 is 0. The normalized spacial score (nSPS) is 20.9. The Bertz CT molecular complexity index is 451. The number of unbranched alkanes of at least 4 members (excludes halogenated alkanes) is 1. The Morgan fingerprint density at radius 2 is 2.10 bits per heavy atom. The van der Waals surface area contributed by atoms with Crippen molar-refractivity contribution in [2.45, 2.75) is 65.0 Å². The fourth-order valence-corrected chi connectivity index (χ4v) is 3.59. The Hall–Kier alpha value is -1.02. The van der Waals surface area contributed by atoms with E-state index in [0.717, 1.165) is 6.54 Å². The maximum absolute atomic E-state index is 3.25. The van der Waals surface area contributed by atoms with Gasteiger partial charge in [0, 0.05) is 24.3 Å². The highest BCUT2D eigenvalue weighted by Gasteiger charge is 2.35. The van der Waals surface area contributed by atoms with Crippen molar-refractivity contribution in [2.75, 3.05) is 18.5 Å². The van der Waals surface area contributed by atoms with Gasteiger partial charge in [0.05, 0.1) is 0 Å². The zero-order valence-electron chi connectivity index (χ0n) is 13.8. The first-order chi connectivity index (χ1) is 9.49. The van der Waals surface area contributed by atoms with Gasteiger partial charge in [-0.1, -0.05) is 32.4 Å². The van der Waals surface area contributed by atoms with E-state index in [1.54, 1.807) is 0 Å². The van der Waals surface area contributed by atoms with Crippen LogP contribution >= 0.6 is 0 Å². The molecule has 20 heavy (non-hydrogen) atoms. The largest absolute Gasteiger partial charge is 0.366 e. The van der Waals surface area contributed by atoms with E-state index < -0.39 is 0 Å². The highest BCUT2D eigenvalue weighted by Crippen LogP contribution is 2.43. The van der Waals surface area contributed by atoms with Gasteiger partial charge in [0.15, 0.2) is 0 Å². The van der Waals surface area contributed by atoms with Crippen LogP contribution in [-0.4, -0.2) is 19.1 Å². The lowest BCUT2D eigenvalue weighted by molar-refractivity contribution is 0.373. The molecule has 112 valence electrons. The van der Waals surface area contributed by atoms with Crippen LogP contribution in [0.2, 0.25) is 0 Å². The van der Waals surface area contributed by atoms with Crippen LogP contribution in [0.3, 0.4) is 0 Å². The monoisotopic (exact) mass is 274 g/mol. The van der Waals surface area contributed by atoms with Crippen molar-refractivity contribution in [2.24, 2.45) is 0 Å². The summed E-state index contributed by atoms with van der Waals surface area (Å²) in [5, 5.41) is 3.25. The third-order valence-electron chi connectivity index (χ3n) is 4.57. The molecule has 0 saturated carbocycles.